The van der Waals surface area contributed by atoms with Gasteiger partial charge in [0.15, 0.2) is 0 Å². The van der Waals surface area contributed by atoms with Crippen LogP contribution >= 0.6 is 0 Å². The van der Waals surface area contributed by atoms with Gasteiger partial charge in [-0.3, -0.25) is 14.5 Å². The van der Waals surface area contributed by atoms with Crippen LogP contribution in [0.3, 0.4) is 0 Å². The van der Waals surface area contributed by atoms with Crippen LogP contribution in [0.5, 0.6) is 5.75 Å². The normalized spacial score (nSPS) is 11.6. The van der Waals surface area contributed by atoms with E-state index in [4.69, 9.17) is 4.74 Å². The Hall–Kier alpha value is -4.67. The number of nitrogens with one attached hydrogen (secondary N) is 2. The Balaban J connectivity index is 1.74. The van der Waals surface area contributed by atoms with Crippen LogP contribution in [-0.4, -0.2) is 44.6 Å². The molecule has 3 aromatic heterocycles. The van der Waals surface area contributed by atoms with Gasteiger partial charge in [0.05, 0.1) is 24.0 Å². The van der Waals surface area contributed by atoms with Gasteiger partial charge in [-0.2, -0.15) is 18.3 Å². The monoisotopic (exact) mass is 492 g/mol. The van der Waals surface area contributed by atoms with Crippen molar-refractivity contribution in [2.24, 2.45) is 0 Å². The van der Waals surface area contributed by atoms with E-state index in [0.717, 1.165) is 5.56 Å². The first-order valence-electron chi connectivity index (χ1n) is 10.8. The van der Waals surface area contributed by atoms with Crippen molar-refractivity contribution in [1.82, 2.24) is 24.7 Å². The summed E-state index contributed by atoms with van der Waals surface area (Å²) in [6.07, 6.45) is -1.28. The number of anilines is 1. The van der Waals surface area contributed by atoms with Crippen molar-refractivity contribution in [2.45, 2.75) is 6.18 Å². The van der Waals surface area contributed by atoms with Gasteiger partial charge < -0.3 is 10.1 Å². The second kappa shape index (κ2) is 9.17. The van der Waals surface area contributed by atoms with Crippen LogP contribution < -0.4 is 15.6 Å². The maximum absolute atomic E-state index is 13.0. The largest absolute Gasteiger partial charge is 0.497 e. The summed E-state index contributed by atoms with van der Waals surface area (Å²) in [6.45, 7) is -1.32. The molecular weight excluding hydrogens is 473 g/mol. The predicted octanol–water partition coefficient (Wildman–Crippen LogP) is 4.82. The third-order valence-corrected chi connectivity index (χ3v) is 5.50. The van der Waals surface area contributed by atoms with E-state index >= 15 is 0 Å². The van der Waals surface area contributed by atoms with Crippen molar-refractivity contribution in [1.29, 1.82) is 0 Å². The third-order valence-electron chi connectivity index (χ3n) is 5.50. The average Bonchev–Trinajstić information content (AvgIpc) is 3.41. The Kier molecular flexibility index (Phi) is 5.88. The first-order chi connectivity index (χ1) is 17.3. The number of aromatic amines is 1. The number of H-pyrrole nitrogens is 1. The van der Waals surface area contributed by atoms with Crippen LogP contribution in [0.25, 0.3) is 39.1 Å². The molecule has 0 spiro atoms. The number of hydrogen-bond donors (Lipinski definition) is 2. The Labute approximate surface area is 202 Å². The van der Waals surface area contributed by atoms with Gasteiger partial charge in [0.25, 0.3) is 5.56 Å². The minimum Gasteiger partial charge on any atom is -0.497 e. The molecule has 182 valence electrons. The van der Waals surface area contributed by atoms with Gasteiger partial charge in [-0.1, -0.05) is 24.3 Å². The molecule has 0 unspecified atom stereocenters. The van der Waals surface area contributed by atoms with E-state index in [1.165, 1.54) is 10.6 Å². The van der Waals surface area contributed by atoms with Gasteiger partial charge in [-0.25, -0.2) is 9.97 Å². The summed E-state index contributed by atoms with van der Waals surface area (Å²) < 4.78 is 45.3. The fourth-order valence-electron chi connectivity index (χ4n) is 3.84. The first kappa shape index (κ1) is 23.1. The molecule has 3 heterocycles. The van der Waals surface area contributed by atoms with Gasteiger partial charge in [0.1, 0.15) is 12.3 Å². The zero-order valence-electron chi connectivity index (χ0n) is 18.9. The number of ether oxygens (including phenoxy) is 1. The average molecular weight is 492 g/mol. The third kappa shape index (κ3) is 4.63. The molecule has 0 radical (unpaired) electrons. The molecule has 0 aliphatic carbocycles. The number of aromatic nitrogens is 5. The number of nitrogens with zero attached hydrogens (tertiary/aromatic N) is 4. The van der Waals surface area contributed by atoms with Crippen molar-refractivity contribution in [3.8, 4) is 34.0 Å². The van der Waals surface area contributed by atoms with E-state index in [2.05, 4.69) is 25.5 Å². The molecule has 8 nitrogen and oxygen atoms in total. The molecule has 0 saturated heterocycles. The molecule has 0 bridgehead atoms. The number of halogens is 3. The van der Waals surface area contributed by atoms with Gasteiger partial charge in [0.2, 0.25) is 5.95 Å². The van der Waals surface area contributed by atoms with Crippen LogP contribution in [0, 0.1) is 0 Å². The highest BCUT2D eigenvalue weighted by molar-refractivity contribution is 5.96. The molecule has 2 N–H and O–H groups in total. The summed E-state index contributed by atoms with van der Waals surface area (Å²) in [5.41, 5.74) is 2.81. The smallest absolute Gasteiger partial charge is 0.405 e. The molecule has 0 aliphatic rings. The number of methoxy groups -OCH3 is 1. The molecule has 0 aliphatic heterocycles. The summed E-state index contributed by atoms with van der Waals surface area (Å²) in [7, 11) is 1.54. The maximum atomic E-state index is 13.0. The number of alkyl halides is 3. The Morgan fingerprint density at radius 2 is 1.78 bits per heavy atom. The Morgan fingerprint density at radius 1 is 1.03 bits per heavy atom. The first-order valence-corrected chi connectivity index (χ1v) is 10.8. The summed E-state index contributed by atoms with van der Waals surface area (Å²) in [6, 6.07) is 17.2. The highest BCUT2D eigenvalue weighted by Crippen LogP contribution is 2.34. The van der Waals surface area contributed by atoms with E-state index < -0.39 is 18.3 Å². The van der Waals surface area contributed by atoms with E-state index in [9.17, 15) is 18.0 Å². The lowest BCUT2D eigenvalue weighted by atomic mass is 9.99. The van der Waals surface area contributed by atoms with Crippen LogP contribution in [0.4, 0.5) is 19.1 Å². The molecule has 5 aromatic rings. The van der Waals surface area contributed by atoms with Gasteiger partial charge in [-0.05, 0) is 30.3 Å². The molecule has 11 heteroatoms. The highest BCUT2D eigenvalue weighted by atomic mass is 19.4. The zero-order chi connectivity index (χ0) is 25.3. The Morgan fingerprint density at radius 3 is 2.44 bits per heavy atom. The van der Waals surface area contributed by atoms with Crippen LogP contribution in [0.2, 0.25) is 0 Å². The van der Waals surface area contributed by atoms with Gasteiger partial charge >= 0.3 is 6.18 Å². The highest BCUT2D eigenvalue weighted by Gasteiger charge is 2.27. The lowest BCUT2D eigenvalue weighted by Gasteiger charge is -2.15. The fourth-order valence-corrected chi connectivity index (χ4v) is 3.84. The summed E-state index contributed by atoms with van der Waals surface area (Å²) in [5, 5.41) is 9.61. The second-order valence-corrected chi connectivity index (χ2v) is 7.86. The van der Waals surface area contributed by atoms with Crippen molar-refractivity contribution < 1.29 is 17.9 Å². The number of fused-ring (bicyclic) bond motifs is 1. The number of benzene rings is 2. The van der Waals surface area contributed by atoms with Crippen LogP contribution in [0.15, 0.2) is 77.9 Å². The second-order valence-electron chi connectivity index (χ2n) is 7.86. The van der Waals surface area contributed by atoms with E-state index in [1.54, 1.807) is 62.0 Å². The summed E-state index contributed by atoms with van der Waals surface area (Å²) >= 11 is 0. The van der Waals surface area contributed by atoms with Crippen molar-refractivity contribution in [2.75, 3.05) is 19.0 Å². The predicted molar refractivity (Wildman–Crippen MR) is 129 cm³/mol. The van der Waals surface area contributed by atoms with Gasteiger partial charge in [-0.15, -0.1) is 0 Å². The topological polar surface area (TPSA) is 97.7 Å². The van der Waals surface area contributed by atoms with Crippen molar-refractivity contribution in [3.63, 3.8) is 0 Å². The maximum Gasteiger partial charge on any atom is 0.405 e. The summed E-state index contributed by atoms with van der Waals surface area (Å²) in [5.74, 6) is 0.390. The van der Waals surface area contributed by atoms with Gasteiger partial charge in [0, 0.05) is 40.7 Å². The molecule has 5 rings (SSSR count). The van der Waals surface area contributed by atoms with E-state index in [0.29, 0.717) is 33.8 Å². The van der Waals surface area contributed by atoms with Crippen LogP contribution in [-0.2, 0) is 0 Å². The summed E-state index contributed by atoms with van der Waals surface area (Å²) in [4.78, 5) is 21.6. The number of rotatable bonds is 6. The molecule has 0 saturated carbocycles. The fraction of sp³-hybridized carbons (Fsp3) is 0.120. The molecular formula is C25H19F3N6O2. The Bertz CT molecular complexity index is 1580. The van der Waals surface area contributed by atoms with Crippen molar-refractivity contribution in [3.05, 3.63) is 83.4 Å². The quantitative estimate of drug-likeness (QED) is 0.353. The zero-order valence-corrected chi connectivity index (χ0v) is 18.9. The molecule has 0 fully saturated rings. The molecule has 2 aromatic carbocycles. The molecule has 0 amide bonds. The lowest BCUT2D eigenvalue weighted by molar-refractivity contribution is -0.115. The number of pyridine rings is 1. The standard InChI is InChI=1S/C25H19F3N6O2/c1-36-16-8-6-15(7-9-16)34-13-19-21(12-22(34)35)31-24(29-14-25(26,27)28)32-23(19)18-5-3-2-4-17(18)20-10-11-30-33-20/h2-13H,14H2,1H3,(H,29,31)(H,30,33). The number of hydrogen-bond acceptors (Lipinski definition) is 6. The molecule has 0 atom stereocenters. The van der Waals surface area contributed by atoms with E-state index in [-0.39, 0.29) is 11.5 Å². The molecule has 36 heavy (non-hydrogen) atoms. The van der Waals surface area contributed by atoms with E-state index in [1.807, 2.05) is 12.1 Å². The van der Waals surface area contributed by atoms with Crippen LogP contribution in [0.1, 0.15) is 0 Å². The minimum absolute atomic E-state index is 0.207. The SMILES string of the molecule is COc1ccc(-n2cc3c(-c4ccccc4-c4ccn[nH]4)nc(NCC(F)(F)F)nc3cc2=O)cc1. The lowest BCUT2D eigenvalue weighted by Crippen LogP contribution is -2.23. The van der Waals surface area contributed by atoms with Crippen molar-refractivity contribution >= 4 is 16.9 Å². The minimum atomic E-state index is -4.47.